The maximum Gasteiger partial charge on any atom is 0.236 e. The molecule has 6 heteroatoms. The van der Waals surface area contributed by atoms with Crippen LogP contribution in [0.2, 0.25) is 0 Å². The maximum atomic E-state index is 12.6. The van der Waals surface area contributed by atoms with E-state index in [1.54, 1.807) is 0 Å². The van der Waals surface area contributed by atoms with Gasteiger partial charge in [0.25, 0.3) is 0 Å². The van der Waals surface area contributed by atoms with Crippen LogP contribution in [0, 0.1) is 5.92 Å². The minimum absolute atomic E-state index is 0.0826. The van der Waals surface area contributed by atoms with Gasteiger partial charge in [-0.1, -0.05) is 12.1 Å². The highest BCUT2D eigenvalue weighted by molar-refractivity contribution is 5.78. The SMILES string of the molecule is CN(Cc1ccc(N(C)C)cc1)C(=O)CN1CCCC(C2OCCO2)C1. The number of carbonyl (C=O) groups is 1. The lowest BCUT2D eigenvalue weighted by Crippen LogP contribution is -2.45. The lowest BCUT2D eigenvalue weighted by molar-refractivity contribution is -0.134. The van der Waals surface area contributed by atoms with E-state index < -0.39 is 0 Å². The second-order valence-electron chi connectivity index (χ2n) is 7.56. The molecular formula is C20H31N3O3. The number of piperidine rings is 1. The molecule has 0 saturated carbocycles. The van der Waals surface area contributed by atoms with Gasteiger partial charge in [0.2, 0.25) is 5.91 Å². The van der Waals surface area contributed by atoms with Crippen molar-refractivity contribution in [3.05, 3.63) is 29.8 Å². The molecule has 0 aromatic heterocycles. The molecule has 0 aliphatic carbocycles. The summed E-state index contributed by atoms with van der Waals surface area (Å²) in [4.78, 5) is 18.8. The predicted octanol–water partition coefficient (Wildman–Crippen LogP) is 1.80. The topological polar surface area (TPSA) is 45.2 Å². The molecule has 1 amide bonds. The zero-order chi connectivity index (χ0) is 18.5. The van der Waals surface area contributed by atoms with Gasteiger partial charge in [-0.2, -0.15) is 0 Å². The van der Waals surface area contributed by atoms with Gasteiger partial charge in [0.15, 0.2) is 6.29 Å². The molecule has 0 spiro atoms. The van der Waals surface area contributed by atoms with Crippen LogP contribution in [0.1, 0.15) is 18.4 Å². The second kappa shape index (κ2) is 8.84. The van der Waals surface area contributed by atoms with Crippen LogP contribution in [-0.2, 0) is 20.8 Å². The molecule has 2 aliphatic rings. The van der Waals surface area contributed by atoms with Crippen molar-refractivity contribution in [1.82, 2.24) is 9.80 Å². The van der Waals surface area contributed by atoms with E-state index >= 15 is 0 Å². The Labute approximate surface area is 156 Å². The van der Waals surface area contributed by atoms with Crippen molar-refractivity contribution in [2.45, 2.75) is 25.7 Å². The summed E-state index contributed by atoms with van der Waals surface area (Å²) in [5.41, 5.74) is 2.31. The smallest absolute Gasteiger partial charge is 0.236 e. The fourth-order valence-corrected chi connectivity index (χ4v) is 3.68. The van der Waals surface area contributed by atoms with E-state index in [1.807, 2.05) is 26.0 Å². The molecule has 3 rings (SSSR count). The van der Waals surface area contributed by atoms with Crippen LogP contribution in [0.25, 0.3) is 0 Å². The summed E-state index contributed by atoms with van der Waals surface area (Å²) in [7, 11) is 5.93. The first-order valence-electron chi connectivity index (χ1n) is 9.48. The zero-order valence-electron chi connectivity index (χ0n) is 16.2. The standard InChI is InChI=1S/C20H31N3O3/c1-21(2)18-8-6-16(7-9-18)13-22(3)19(24)15-23-10-4-5-17(14-23)20-25-11-12-26-20/h6-9,17,20H,4-5,10-15H2,1-3H3. The van der Waals surface area contributed by atoms with E-state index in [2.05, 4.69) is 34.1 Å². The molecule has 144 valence electrons. The van der Waals surface area contributed by atoms with E-state index in [9.17, 15) is 4.79 Å². The van der Waals surface area contributed by atoms with Gasteiger partial charge in [-0.15, -0.1) is 0 Å². The molecule has 2 aliphatic heterocycles. The predicted molar refractivity (Wildman–Crippen MR) is 102 cm³/mol. The number of ether oxygens (including phenoxy) is 2. The van der Waals surface area contributed by atoms with Gasteiger partial charge in [-0.25, -0.2) is 0 Å². The van der Waals surface area contributed by atoms with Gasteiger partial charge < -0.3 is 19.3 Å². The summed E-state index contributed by atoms with van der Waals surface area (Å²) < 4.78 is 11.3. The number of benzene rings is 1. The molecular weight excluding hydrogens is 330 g/mol. The molecule has 1 aromatic carbocycles. The van der Waals surface area contributed by atoms with E-state index in [1.165, 1.54) is 5.69 Å². The van der Waals surface area contributed by atoms with Crippen molar-refractivity contribution in [1.29, 1.82) is 0 Å². The van der Waals surface area contributed by atoms with E-state index in [4.69, 9.17) is 9.47 Å². The summed E-state index contributed by atoms with van der Waals surface area (Å²) in [6.07, 6.45) is 2.13. The van der Waals surface area contributed by atoms with Crippen LogP contribution in [0.5, 0.6) is 0 Å². The first-order valence-corrected chi connectivity index (χ1v) is 9.48. The molecule has 1 unspecified atom stereocenters. The minimum atomic E-state index is -0.0826. The van der Waals surface area contributed by atoms with E-state index in [0.717, 1.165) is 31.5 Å². The molecule has 0 radical (unpaired) electrons. The average Bonchev–Trinajstić information content (AvgIpc) is 3.17. The molecule has 2 fully saturated rings. The number of anilines is 1. The van der Waals surface area contributed by atoms with Crippen LogP contribution in [0.4, 0.5) is 5.69 Å². The van der Waals surface area contributed by atoms with Crippen LogP contribution >= 0.6 is 0 Å². The third-order valence-corrected chi connectivity index (χ3v) is 5.23. The van der Waals surface area contributed by atoms with Crippen LogP contribution < -0.4 is 4.90 Å². The van der Waals surface area contributed by atoms with Crippen molar-refractivity contribution in [3.63, 3.8) is 0 Å². The molecule has 26 heavy (non-hydrogen) atoms. The quantitative estimate of drug-likeness (QED) is 0.773. The lowest BCUT2D eigenvalue weighted by Gasteiger charge is -2.35. The third kappa shape index (κ3) is 4.96. The normalized spacial score (nSPS) is 21.7. The van der Waals surface area contributed by atoms with Crippen LogP contribution in [-0.4, -0.2) is 76.0 Å². The first-order chi connectivity index (χ1) is 12.5. The van der Waals surface area contributed by atoms with Crippen LogP contribution in [0.15, 0.2) is 24.3 Å². The number of likely N-dealkylation sites (tertiary alicyclic amines) is 1. The Balaban J connectivity index is 1.48. The minimum Gasteiger partial charge on any atom is -0.378 e. The Morgan fingerprint density at radius 2 is 1.85 bits per heavy atom. The highest BCUT2D eigenvalue weighted by Crippen LogP contribution is 2.24. The number of amides is 1. The first kappa shape index (κ1) is 19.1. The van der Waals surface area contributed by atoms with Gasteiger partial charge in [-0.3, -0.25) is 9.69 Å². The molecule has 2 saturated heterocycles. The van der Waals surface area contributed by atoms with Gasteiger partial charge in [0, 0.05) is 45.8 Å². The summed E-state index contributed by atoms with van der Waals surface area (Å²) in [6.45, 7) is 4.33. The molecule has 0 N–H and O–H groups in total. The molecule has 1 atom stereocenters. The number of hydrogen-bond donors (Lipinski definition) is 0. The van der Waals surface area contributed by atoms with Crippen molar-refractivity contribution < 1.29 is 14.3 Å². The molecule has 6 nitrogen and oxygen atoms in total. The Bertz CT molecular complexity index is 584. The Morgan fingerprint density at radius 1 is 1.15 bits per heavy atom. The lowest BCUT2D eigenvalue weighted by atomic mass is 9.97. The summed E-state index contributed by atoms with van der Waals surface area (Å²) in [5.74, 6) is 0.540. The number of carbonyl (C=O) groups excluding carboxylic acids is 1. The summed E-state index contributed by atoms with van der Waals surface area (Å²) >= 11 is 0. The molecule has 2 heterocycles. The van der Waals surface area contributed by atoms with Crippen molar-refractivity contribution in [2.75, 3.05) is 58.9 Å². The highest BCUT2D eigenvalue weighted by atomic mass is 16.7. The fraction of sp³-hybridized carbons (Fsp3) is 0.650. The van der Waals surface area contributed by atoms with Gasteiger partial charge >= 0.3 is 0 Å². The largest absolute Gasteiger partial charge is 0.378 e. The molecule has 0 bridgehead atoms. The number of nitrogens with zero attached hydrogens (tertiary/aromatic N) is 3. The summed E-state index contributed by atoms with van der Waals surface area (Å²) in [6, 6.07) is 8.35. The second-order valence-corrected chi connectivity index (χ2v) is 7.56. The van der Waals surface area contributed by atoms with Gasteiger partial charge in [-0.05, 0) is 37.1 Å². The van der Waals surface area contributed by atoms with Crippen molar-refractivity contribution >= 4 is 11.6 Å². The Morgan fingerprint density at radius 3 is 2.50 bits per heavy atom. The third-order valence-electron chi connectivity index (χ3n) is 5.23. The Kier molecular flexibility index (Phi) is 6.51. The van der Waals surface area contributed by atoms with E-state index in [0.29, 0.717) is 32.2 Å². The Hall–Kier alpha value is -1.63. The average molecular weight is 361 g/mol. The van der Waals surface area contributed by atoms with Gasteiger partial charge in [0.1, 0.15) is 0 Å². The number of hydrogen-bond acceptors (Lipinski definition) is 5. The van der Waals surface area contributed by atoms with Crippen molar-refractivity contribution in [3.8, 4) is 0 Å². The monoisotopic (exact) mass is 361 g/mol. The fourth-order valence-electron chi connectivity index (χ4n) is 3.68. The highest BCUT2D eigenvalue weighted by Gasteiger charge is 2.31. The number of likely N-dealkylation sites (N-methyl/N-ethyl adjacent to an activating group) is 1. The van der Waals surface area contributed by atoms with E-state index in [-0.39, 0.29) is 12.2 Å². The summed E-state index contributed by atoms with van der Waals surface area (Å²) in [5, 5.41) is 0. The molecule has 1 aromatic rings. The van der Waals surface area contributed by atoms with Crippen LogP contribution in [0.3, 0.4) is 0 Å². The number of rotatable bonds is 6. The van der Waals surface area contributed by atoms with Crippen molar-refractivity contribution in [2.24, 2.45) is 5.92 Å². The maximum absolute atomic E-state index is 12.6. The zero-order valence-corrected chi connectivity index (χ0v) is 16.2. The van der Waals surface area contributed by atoms with Gasteiger partial charge in [0.05, 0.1) is 19.8 Å².